The maximum atomic E-state index is 6.35. The second-order valence-electron chi connectivity index (χ2n) is 6.23. The molecule has 9 heteroatoms. The number of benzene rings is 1. The number of aryl methyl sites for hydroxylation is 2. The summed E-state index contributed by atoms with van der Waals surface area (Å²) >= 11 is 11.8. The molecule has 0 aliphatic rings. The first-order chi connectivity index (χ1) is 13.1. The molecule has 27 heavy (non-hydrogen) atoms. The lowest BCUT2D eigenvalue weighted by molar-refractivity contribution is 0.662. The van der Waals surface area contributed by atoms with Crippen LogP contribution in [0.4, 0.5) is 0 Å². The van der Waals surface area contributed by atoms with Gasteiger partial charge in [0.1, 0.15) is 5.69 Å². The third-order valence-electron chi connectivity index (χ3n) is 4.32. The molecule has 0 fully saturated rings. The molecule has 0 unspecified atom stereocenters. The summed E-state index contributed by atoms with van der Waals surface area (Å²) in [6.45, 7) is 5.42. The van der Waals surface area contributed by atoms with Crippen molar-refractivity contribution in [3.63, 3.8) is 0 Å². The number of rotatable bonds is 5. The summed E-state index contributed by atoms with van der Waals surface area (Å²) in [7, 11) is 0. The Balaban J connectivity index is 1.72. The number of hydrogen-bond acceptors (Lipinski definition) is 4. The van der Waals surface area contributed by atoms with E-state index >= 15 is 0 Å². The van der Waals surface area contributed by atoms with Crippen molar-refractivity contribution in [3.8, 4) is 17.2 Å². The first-order valence-corrected chi connectivity index (χ1v) is 9.33. The first-order valence-electron chi connectivity index (χ1n) is 8.54. The molecule has 0 bridgehead atoms. The van der Waals surface area contributed by atoms with E-state index in [1.165, 1.54) is 11.1 Å². The Morgan fingerprint density at radius 2 is 1.93 bits per heavy atom. The molecule has 0 spiro atoms. The van der Waals surface area contributed by atoms with Gasteiger partial charge in [-0.1, -0.05) is 41.4 Å². The van der Waals surface area contributed by atoms with E-state index in [0.717, 1.165) is 11.4 Å². The lowest BCUT2D eigenvalue weighted by Gasteiger charge is -2.07. The summed E-state index contributed by atoms with van der Waals surface area (Å²) in [5, 5.41) is 16.5. The lowest BCUT2D eigenvalue weighted by atomic mass is 10.1. The number of aromatic nitrogens is 7. The molecule has 0 amide bonds. The topological polar surface area (TPSA) is 69.2 Å². The van der Waals surface area contributed by atoms with E-state index in [1.807, 2.05) is 22.4 Å². The predicted octanol–water partition coefficient (Wildman–Crippen LogP) is 4.02. The van der Waals surface area contributed by atoms with Crippen molar-refractivity contribution in [2.24, 2.45) is 0 Å². The Labute approximate surface area is 166 Å². The van der Waals surface area contributed by atoms with Crippen molar-refractivity contribution >= 4 is 23.8 Å². The summed E-state index contributed by atoms with van der Waals surface area (Å²) < 4.78 is 5.96. The van der Waals surface area contributed by atoms with Crippen LogP contribution in [0.5, 0.6) is 0 Å². The highest BCUT2D eigenvalue weighted by atomic mass is 35.5. The van der Waals surface area contributed by atoms with E-state index in [0.29, 0.717) is 28.7 Å². The van der Waals surface area contributed by atoms with Crippen molar-refractivity contribution in [2.45, 2.75) is 26.9 Å². The number of nitrogens with zero attached hydrogens (tertiary/aromatic N) is 6. The molecule has 0 aliphatic heterocycles. The van der Waals surface area contributed by atoms with Crippen molar-refractivity contribution in [2.75, 3.05) is 0 Å². The van der Waals surface area contributed by atoms with Crippen LogP contribution in [0.3, 0.4) is 0 Å². The smallest absolute Gasteiger partial charge is 0.200 e. The van der Waals surface area contributed by atoms with Crippen molar-refractivity contribution in [1.29, 1.82) is 0 Å². The average molecular weight is 400 g/mol. The summed E-state index contributed by atoms with van der Waals surface area (Å²) in [6.07, 6.45) is 5.32. The van der Waals surface area contributed by atoms with Gasteiger partial charge in [-0.05, 0) is 31.6 Å². The highest BCUT2D eigenvalue weighted by Crippen LogP contribution is 2.28. The van der Waals surface area contributed by atoms with Gasteiger partial charge in [0.25, 0.3) is 0 Å². The van der Waals surface area contributed by atoms with Crippen LogP contribution in [0.2, 0.25) is 5.02 Å². The number of aromatic amines is 1. The Morgan fingerprint density at radius 1 is 1.15 bits per heavy atom. The molecule has 4 aromatic rings. The highest BCUT2D eigenvalue weighted by molar-refractivity contribution is 7.71. The van der Waals surface area contributed by atoms with Gasteiger partial charge in [0.15, 0.2) is 10.6 Å². The third kappa shape index (κ3) is 3.33. The van der Waals surface area contributed by atoms with E-state index in [9.17, 15) is 0 Å². The van der Waals surface area contributed by atoms with Crippen LogP contribution in [-0.4, -0.2) is 34.3 Å². The second-order valence-corrected chi connectivity index (χ2v) is 7.02. The highest BCUT2D eigenvalue weighted by Gasteiger charge is 2.19. The fourth-order valence-electron chi connectivity index (χ4n) is 2.96. The summed E-state index contributed by atoms with van der Waals surface area (Å²) in [6, 6.07) is 8.40. The quantitative estimate of drug-likeness (QED) is 0.514. The third-order valence-corrected chi connectivity index (χ3v) is 4.87. The van der Waals surface area contributed by atoms with Crippen LogP contribution < -0.4 is 0 Å². The Morgan fingerprint density at radius 3 is 2.67 bits per heavy atom. The zero-order valence-corrected chi connectivity index (χ0v) is 16.5. The second kappa shape index (κ2) is 7.13. The minimum absolute atomic E-state index is 0.472. The largest absolute Gasteiger partial charge is 0.266 e. The molecule has 0 saturated carbocycles. The van der Waals surface area contributed by atoms with Crippen LogP contribution >= 0.6 is 23.8 Å². The number of H-pyrrole nitrogens is 1. The van der Waals surface area contributed by atoms with Crippen LogP contribution in [0.1, 0.15) is 18.1 Å². The molecular formula is C18H18ClN7S. The van der Waals surface area contributed by atoms with E-state index in [-0.39, 0.29) is 0 Å². The molecular weight excluding hydrogens is 382 g/mol. The van der Waals surface area contributed by atoms with Gasteiger partial charge in [-0.3, -0.25) is 19.0 Å². The average Bonchev–Trinajstić information content (AvgIpc) is 3.35. The molecule has 0 radical (unpaired) electrons. The SMILES string of the molecule is CCn1ncc(Cl)c1-c1n[nH]c(=S)n1-c1cnn(Cc2ccc(C)cc2)c1. The minimum atomic E-state index is 0.472. The van der Waals surface area contributed by atoms with Crippen molar-refractivity contribution in [1.82, 2.24) is 34.3 Å². The summed E-state index contributed by atoms with van der Waals surface area (Å²) in [4.78, 5) is 0. The molecule has 0 atom stereocenters. The van der Waals surface area contributed by atoms with Crippen LogP contribution in [0.25, 0.3) is 17.2 Å². The van der Waals surface area contributed by atoms with E-state index in [1.54, 1.807) is 17.1 Å². The van der Waals surface area contributed by atoms with Gasteiger partial charge in [0.05, 0.1) is 29.6 Å². The number of hydrogen-bond donors (Lipinski definition) is 1. The van der Waals surface area contributed by atoms with Crippen LogP contribution in [-0.2, 0) is 13.1 Å². The molecule has 0 aliphatic carbocycles. The zero-order chi connectivity index (χ0) is 19.0. The van der Waals surface area contributed by atoms with Crippen molar-refractivity contribution < 1.29 is 0 Å². The van der Waals surface area contributed by atoms with Gasteiger partial charge in [-0.15, -0.1) is 0 Å². The van der Waals surface area contributed by atoms with E-state index < -0.39 is 0 Å². The lowest BCUT2D eigenvalue weighted by Crippen LogP contribution is -2.04. The fraction of sp³-hybridized carbons (Fsp3) is 0.222. The predicted molar refractivity (Wildman–Crippen MR) is 107 cm³/mol. The van der Waals surface area contributed by atoms with Gasteiger partial charge < -0.3 is 0 Å². The minimum Gasteiger partial charge on any atom is -0.266 e. The number of nitrogens with one attached hydrogen (secondary N) is 1. The van der Waals surface area contributed by atoms with Crippen LogP contribution in [0, 0.1) is 11.7 Å². The van der Waals surface area contributed by atoms with E-state index in [2.05, 4.69) is 51.6 Å². The molecule has 138 valence electrons. The normalized spacial score (nSPS) is 11.2. The zero-order valence-electron chi connectivity index (χ0n) is 14.9. The molecule has 7 nitrogen and oxygen atoms in total. The summed E-state index contributed by atoms with van der Waals surface area (Å²) in [5.41, 5.74) is 3.95. The van der Waals surface area contributed by atoms with Gasteiger partial charge >= 0.3 is 0 Å². The Kier molecular flexibility index (Phi) is 4.67. The first kappa shape index (κ1) is 17.7. The maximum absolute atomic E-state index is 6.35. The summed E-state index contributed by atoms with van der Waals surface area (Å²) in [5.74, 6) is 0.610. The van der Waals surface area contributed by atoms with Gasteiger partial charge in [0.2, 0.25) is 0 Å². The van der Waals surface area contributed by atoms with Crippen LogP contribution in [0.15, 0.2) is 42.9 Å². The molecule has 0 saturated heterocycles. The van der Waals surface area contributed by atoms with Gasteiger partial charge in [0, 0.05) is 12.7 Å². The van der Waals surface area contributed by atoms with Gasteiger partial charge in [-0.25, -0.2) is 0 Å². The van der Waals surface area contributed by atoms with Crippen molar-refractivity contribution in [3.05, 3.63) is 63.8 Å². The van der Waals surface area contributed by atoms with E-state index in [4.69, 9.17) is 23.8 Å². The standard InChI is InChI=1S/C18H18ClN7S/c1-3-25-16(15(19)9-21-25)17-22-23-18(27)26(17)14-8-20-24(11-14)10-13-6-4-12(2)5-7-13/h4-9,11H,3,10H2,1-2H3,(H,23,27). The molecule has 1 N–H and O–H groups in total. The molecule has 3 heterocycles. The Hall–Kier alpha value is -2.71. The molecule has 1 aromatic carbocycles. The van der Waals surface area contributed by atoms with Gasteiger partial charge in [-0.2, -0.15) is 15.3 Å². The fourth-order valence-corrected chi connectivity index (χ4v) is 3.42. The monoisotopic (exact) mass is 399 g/mol. The molecule has 4 rings (SSSR count). The maximum Gasteiger partial charge on any atom is 0.200 e. The Bertz CT molecular complexity index is 1130. The molecule has 3 aromatic heterocycles. The number of halogens is 1.